The van der Waals surface area contributed by atoms with Crippen molar-refractivity contribution in [3.05, 3.63) is 158 Å². The molecule has 0 aliphatic heterocycles. The molecule has 0 nitrogen and oxygen atoms in total. The second kappa shape index (κ2) is 9.66. The van der Waals surface area contributed by atoms with E-state index in [0.29, 0.717) is 12.1 Å². The Kier molecular flexibility index (Phi) is 5.03. The molecule has 0 saturated carbocycles. The molecule has 0 atom stereocenters. The van der Waals surface area contributed by atoms with E-state index in [0.717, 1.165) is 32.0 Å². The number of fused-ring (bicyclic) bond motifs is 6. The number of thiophene rings is 1. The molecule has 9 rings (SSSR count). The van der Waals surface area contributed by atoms with Gasteiger partial charge in [0.15, 0.2) is 0 Å². The monoisotopic (exact) mass is 564 g/mol. The molecule has 0 saturated heterocycles. The van der Waals surface area contributed by atoms with E-state index in [1.165, 1.54) is 53.9 Å². The van der Waals surface area contributed by atoms with E-state index < -0.39 is 0 Å². The molecule has 0 amide bonds. The number of benzene rings is 8. The van der Waals surface area contributed by atoms with Crippen LogP contribution in [0.1, 0.15) is 2.74 Å². The van der Waals surface area contributed by atoms with Gasteiger partial charge >= 0.3 is 0 Å². The number of hydrogen-bond donors (Lipinski definition) is 0. The maximum atomic E-state index is 9.07. The summed E-state index contributed by atoms with van der Waals surface area (Å²) in [5.74, 6) is 0. The van der Waals surface area contributed by atoms with Crippen LogP contribution in [0.4, 0.5) is 0 Å². The summed E-state index contributed by atoms with van der Waals surface area (Å²) in [6.45, 7) is 0. The van der Waals surface area contributed by atoms with Crippen molar-refractivity contribution >= 4 is 63.8 Å². The molecule has 1 heteroatoms. The summed E-state index contributed by atoms with van der Waals surface area (Å²) in [5.41, 5.74) is 6.99. The fourth-order valence-corrected chi connectivity index (χ4v) is 7.83. The van der Waals surface area contributed by atoms with Crippen LogP contribution in [0.3, 0.4) is 0 Å². The first-order valence-electron chi connectivity index (χ1n) is 15.6. The molecule has 0 radical (unpaired) electrons. The van der Waals surface area contributed by atoms with E-state index in [9.17, 15) is 0 Å². The fraction of sp³-hybridized carbons (Fsp3) is 0. The Balaban J connectivity index is 1.35. The van der Waals surface area contributed by atoms with Crippen LogP contribution in [0, 0.1) is 0 Å². The first-order valence-corrected chi connectivity index (χ1v) is 15.4. The average molecular weight is 565 g/mol. The molecule has 9 aromatic rings. The minimum Gasteiger partial charge on any atom is -0.135 e. The van der Waals surface area contributed by atoms with Crippen molar-refractivity contribution in [2.75, 3.05) is 0 Å². The van der Waals surface area contributed by atoms with E-state index in [2.05, 4.69) is 127 Å². The Morgan fingerprint density at radius 3 is 1.81 bits per heavy atom. The molecule has 0 spiro atoms. The normalized spacial score (nSPS) is 12.4. The zero-order valence-corrected chi connectivity index (χ0v) is 24.1. The van der Waals surface area contributed by atoms with E-state index in [1.54, 1.807) is 11.3 Å². The summed E-state index contributed by atoms with van der Waals surface area (Å²) in [6, 6.07) is 52.5. The Hall–Kier alpha value is -5.24. The molecule has 0 bridgehead atoms. The molecule has 8 aromatic carbocycles. The molecule has 0 aliphatic rings. The van der Waals surface area contributed by atoms with Crippen molar-refractivity contribution in [3.8, 4) is 33.4 Å². The molecule has 1 heterocycles. The summed E-state index contributed by atoms with van der Waals surface area (Å²) in [5, 5.41) is 9.32. The van der Waals surface area contributed by atoms with E-state index >= 15 is 0 Å². The third-order valence-corrected chi connectivity index (χ3v) is 9.82. The summed E-state index contributed by atoms with van der Waals surface area (Å²) in [4.78, 5) is 0. The highest BCUT2D eigenvalue weighted by Gasteiger charge is 2.19. The zero-order chi connectivity index (χ0) is 30.1. The van der Waals surface area contributed by atoms with Crippen LogP contribution < -0.4 is 0 Å². The summed E-state index contributed by atoms with van der Waals surface area (Å²) in [6.07, 6.45) is 0. The first-order chi connectivity index (χ1) is 22.1. The molecular formula is C42H26S. The summed E-state index contributed by atoms with van der Waals surface area (Å²) >= 11 is 1.70. The SMILES string of the molecule is [2H]c1ccc2cc(-c3ccccc3-c3c4ccccc4c(-c4cc([2H])c5sc6ccccc6c5c4)c4ccccc34)ccc2c1. The molecule has 0 unspecified atom stereocenters. The molecule has 200 valence electrons. The van der Waals surface area contributed by atoms with E-state index in [1.807, 2.05) is 18.2 Å². The standard InChI is InChI=1S/C42H26S/c1-2-12-28-25-29(22-21-27(28)11-1)31-13-3-4-15-33(31)42-36-18-7-5-16-34(36)41(35-17-6-8-19-37(35)42)30-23-24-40-38(26-30)32-14-9-10-20-39(32)43-40/h1-26H/i1D,24D. The molecule has 0 fully saturated rings. The van der Waals surface area contributed by atoms with Gasteiger partial charge < -0.3 is 0 Å². The van der Waals surface area contributed by atoms with Crippen molar-refractivity contribution in [1.82, 2.24) is 0 Å². The van der Waals surface area contributed by atoms with Crippen LogP contribution in [0.15, 0.2) is 158 Å². The average Bonchev–Trinajstić information content (AvgIpc) is 3.46. The van der Waals surface area contributed by atoms with Crippen molar-refractivity contribution < 1.29 is 2.74 Å². The quantitative estimate of drug-likeness (QED) is 0.187. The van der Waals surface area contributed by atoms with Gasteiger partial charge in [0.05, 0.1) is 2.74 Å². The Labute approximate surface area is 256 Å². The number of hydrogen-bond acceptors (Lipinski definition) is 1. The highest BCUT2D eigenvalue weighted by molar-refractivity contribution is 7.25. The summed E-state index contributed by atoms with van der Waals surface area (Å²) in [7, 11) is 0. The Morgan fingerprint density at radius 2 is 1.05 bits per heavy atom. The highest BCUT2D eigenvalue weighted by atomic mass is 32.1. The Bertz CT molecular complexity index is 2570. The predicted octanol–water partition coefficient (Wildman–Crippen LogP) is 12.5. The van der Waals surface area contributed by atoms with Crippen molar-refractivity contribution in [1.29, 1.82) is 0 Å². The van der Waals surface area contributed by atoms with Crippen molar-refractivity contribution in [3.63, 3.8) is 0 Å². The minimum absolute atomic E-state index is 0.526. The first kappa shape index (κ1) is 22.4. The molecule has 43 heavy (non-hydrogen) atoms. The maximum absolute atomic E-state index is 9.07. The van der Waals surface area contributed by atoms with Gasteiger partial charge in [0, 0.05) is 20.2 Å². The maximum Gasteiger partial charge on any atom is 0.0638 e. The molecular weight excluding hydrogens is 537 g/mol. The van der Waals surface area contributed by atoms with Gasteiger partial charge in [-0.15, -0.1) is 11.3 Å². The number of rotatable bonds is 3. The molecule has 0 N–H and O–H groups in total. The lowest BCUT2D eigenvalue weighted by atomic mass is 9.83. The second-order valence-electron chi connectivity index (χ2n) is 11.1. The summed E-state index contributed by atoms with van der Waals surface area (Å²) < 4.78 is 19.4. The van der Waals surface area contributed by atoms with Gasteiger partial charge in [0.25, 0.3) is 0 Å². The van der Waals surface area contributed by atoms with Crippen LogP contribution in [0.5, 0.6) is 0 Å². The van der Waals surface area contributed by atoms with Gasteiger partial charge in [0.1, 0.15) is 0 Å². The van der Waals surface area contributed by atoms with Gasteiger partial charge in [-0.1, -0.05) is 133 Å². The van der Waals surface area contributed by atoms with Gasteiger partial charge in [-0.25, -0.2) is 0 Å². The van der Waals surface area contributed by atoms with Gasteiger partial charge in [-0.2, -0.15) is 0 Å². The fourth-order valence-electron chi connectivity index (χ4n) is 6.78. The predicted molar refractivity (Wildman–Crippen MR) is 188 cm³/mol. The topological polar surface area (TPSA) is 0 Å². The second-order valence-corrected chi connectivity index (χ2v) is 12.2. The third kappa shape index (κ3) is 3.82. The Morgan fingerprint density at radius 1 is 0.395 bits per heavy atom. The van der Waals surface area contributed by atoms with Crippen LogP contribution >= 0.6 is 11.3 Å². The smallest absolute Gasteiger partial charge is 0.0638 e. The van der Waals surface area contributed by atoms with Gasteiger partial charge in [0.2, 0.25) is 0 Å². The lowest BCUT2D eigenvalue weighted by Crippen LogP contribution is -1.92. The molecule has 0 aliphatic carbocycles. The minimum atomic E-state index is 0.526. The van der Waals surface area contributed by atoms with E-state index in [4.69, 9.17) is 2.74 Å². The van der Waals surface area contributed by atoms with E-state index in [-0.39, 0.29) is 0 Å². The van der Waals surface area contributed by atoms with Crippen molar-refractivity contribution in [2.24, 2.45) is 0 Å². The van der Waals surface area contributed by atoms with Crippen LogP contribution in [-0.4, -0.2) is 0 Å². The van der Waals surface area contributed by atoms with Crippen LogP contribution in [0.2, 0.25) is 0 Å². The lowest BCUT2D eigenvalue weighted by molar-refractivity contribution is 1.62. The van der Waals surface area contributed by atoms with Gasteiger partial charge in [-0.3, -0.25) is 0 Å². The zero-order valence-electron chi connectivity index (χ0n) is 25.3. The van der Waals surface area contributed by atoms with Gasteiger partial charge in [-0.05, 0) is 89.9 Å². The third-order valence-electron chi connectivity index (χ3n) is 8.70. The molecule has 1 aromatic heterocycles. The lowest BCUT2D eigenvalue weighted by Gasteiger charge is -2.20. The van der Waals surface area contributed by atoms with Crippen LogP contribution in [0.25, 0.3) is 85.9 Å². The largest absolute Gasteiger partial charge is 0.135 e. The highest BCUT2D eigenvalue weighted by Crippen LogP contribution is 2.47. The van der Waals surface area contributed by atoms with Crippen LogP contribution in [-0.2, 0) is 0 Å². The van der Waals surface area contributed by atoms with Crippen molar-refractivity contribution in [2.45, 2.75) is 0 Å².